The van der Waals surface area contributed by atoms with Gasteiger partial charge in [-0.05, 0) is 24.3 Å². The minimum Gasteiger partial charge on any atom is -0.447 e. The molecule has 0 radical (unpaired) electrons. The summed E-state index contributed by atoms with van der Waals surface area (Å²) in [5.74, 6) is -0.217. The quantitative estimate of drug-likeness (QED) is 0.856. The Morgan fingerprint density at radius 1 is 1.35 bits per heavy atom. The molecule has 3 amide bonds. The van der Waals surface area contributed by atoms with Gasteiger partial charge in [0.25, 0.3) is 0 Å². The average Bonchev–Trinajstić information content (AvgIpc) is 2.83. The van der Waals surface area contributed by atoms with E-state index in [2.05, 4.69) is 5.32 Å². The van der Waals surface area contributed by atoms with Crippen LogP contribution in [0.2, 0.25) is 0 Å². The van der Waals surface area contributed by atoms with Gasteiger partial charge in [0, 0.05) is 17.5 Å². The number of hydrogen-bond acceptors (Lipinski definition) is 5. The highest BCUT2D eigenvalue weighted by molar-refractivity contribution is 8.00. The summed E-state index contributed by atoms with van der Waals surface area (Å²) in [5.41, 5.74) is 0.705. The van der Waals surface area contributed by atoms with E-state index in [0.29, 0.717) is 12.2 Å². The summed E-state index contributed by atoms with van der Waals surface area (Å²) in [6.07, 6.45) is -0.573. The Hall–Kier alpha value is -2.02. The number of amides is 3. The highest BCUT2D eigenvalue weighted by atomic mass is 32.2. The molecule has 0 aromatic heterocycles. The molecule has 1 aromatic rings. The first-order chi connectivity index (χ1) is 9.56. The Morgan fingerprint density at radius 2 is 2.05 bits per heavy atom. The lowest BCUT2D eigenvalue weighted by Gasteiger charge is -2.10. The molecule has 6 nitrogen and oxygen atoms in total. The molecule has 20 heavy (non-hydrogen) atoms. The SMILES string of the molecule is CC(=O)Nc1ccc(SCC(=O)N2CCOC2=O)cc1. The number of nitrogens with one attached hydrogen (secondary N) is 1. The van der Waals surface area contributed by atoms with Gasteiger partial charge < -0.3 is 10.1 Å². The van der Waals surface area contributed by atoms with Crippen molar-refractivity contribution in [3.63, 3.8) is 0 Å². The molecule has 1 aliphatic heterocycles. The maximum atomic E-state index is 11.8. The fourth-order valence-electron chi connectivity index (χ4n) is 1.68. The van der Waals surface area contributed by atoms with Crippen molar-refractivity contribution in [1.29, 1.82) is 0 Å². The number of cyclic esters (lactones) is 1. The number of carbonyl (C=O) groups excluding carboxylic acids is 3. The van der Waals surface area contributed by atoms with Crippen LogP contribution in [0, 0.1) is 0 Å². The van der Waals surface area contributed by atoms with Crippen LogP contribution >= 0.6 is 11.8 Å². The van der Waals surface area contributed by atoms with Crippen molar-refractivity contribution in [2.24, 2.45) is 0 Å². The van der Waals surface area contributed by atoms with Crippen molar-refractivity contribution in [1.82, 2.24) is 4.90 Å². The fourth-order valence-corrected chi connectivity index (χ4v) is 2.46. The number of ether oxygens (including phenoxy) is 1. The number of anilines is 1. The average molecular weight is 294 g/mol. The van der Waals surface area contributed by atoms with Crippen LogP contribution in [0.1, 0.15) is 6.92 Å². The molecule has 0 unspecified atom stereocenters. The molecule has 2 rings (SSSR count). The van der Waals surface area contributed by atoms with Gasteiger partial charge in [0.2, 0.25) is 11.8 Å². The standard InChI is InChI=1S/C13H14N2O4S/c1-9(16)14-10-2-4-11(5-3-10)20-8-12(17)15-6-7-19-13(15)18/h2-5H,6-8H2,1H3,(H,14,16). The molecular formula is C13H14N2O4S. The van der Waals surface area contributed by atoms with Crippen LogP contribution in [-0.4, -0.2) is 41.7 Å². The van der Waals surface area contributed by atoms with Crippen LogP contribution in [0.3, 0.4) is 0 Å². The maximum Gasteiger partial charge on any atom is 0.416 e. The molecule has 0 aliphatic carbocycles. The Kier molecular flexibility index (Phi) is 4.62. The van der Waals surface area contributed by atoms with E-state index in [1.165, 1.54) is 18.7 Å². The van der Waals surface area contributed by atoms with E-state index in [4.69, 9.17) is 4.74 Å². The molecule has 1 heterocycles. The molecule has 1 saturated heterocycles. The number of thioether (sulfide) groups is 1. The van der Waals surface area contributed by atoms with E-state index >= 15 is 0 Å². The lowest BCUT2D eigenvalue weighted by molar-refractivity contribution is -0.125. The molecule has 1 N–H and O–H groups in total. The second-order valence-corrected chi connectivity index (χ2v) is 5.20. The van der Waals surface area contributed by atoms with Crippen molar-refractivity contribution in [3.8, 4) is 0 Å². The molecule has 7 heteroatoms. The summed E-state index contributed by atoms with van der Waals surface area (Å²) in [6.45, 7) is 2.02. The molecule has 0 bridgehead atoms. The molecule has 1 fully saturated rings. The van der Waals surface area contributed by atoms with Gasteiger partial charge >= 0.3 is 6.09 Å². The molecular weight excluding hydrogens is 280 g/mol. The van der Waals surface area contributed by atoms with Gasteiger partial charge in [0.05, 0.1) is 12.3 Å². The van der Waals surface area contributed by atoms with Crippen LogP contribution in [0.15, 0.2) is 29.2 Å². The third-order valence-corrected chi connectivity index (χ3v) is 3.60. The number of benzene rings is 1. The first-order valence-corrected chi connectivity index (χ1v) is 7.02. The zero-order valence-electron chi connectivity index (χ0n) is 10.9. The number of imide groups is 1. The lowest BCUT2D eigenvalue weighted by atomic mass is 10.3. The molecule has 0 saturated carbocycles. The number of carbonyl (C=O) groups is 3. The Labute approximate surface area is 120 Å². The van der Waals surface area contributed by atoms with E-state index in [-0.39, 0.29) is 24.2 Å². The first kappa shape index (κ1) is 14.4. The van der Waals surface area contributed by atoms with Gasteiger partial charge in [-0.15, -0.1) is 11.8 Å². The summed E-state index contributed by atoms with van der Waals surface area (Å²) in [6, 6.07) is 7.15. The van der Waals surface area contributed by atoms with Gasteiger partial charge in [0.15, 0.2) is 0 Å². The van der Waals surface area contributed by atoms with Crippen molar-refractivity contribution in [2.45, 2.75) is 11.8 Å². The summed E-state index contributed by atoms with van der Waals surface area (Å²) in [5, 5.41) is 2.66. The van der Waals surface area contributed by atoms with Gasteiger partial charge in [-0.3, -0.25) is 9.59 Å². The smallest absolute Gasteiger partial charge is 0.416 e. The van der Waals surface area contributed by atoms with Crippen LogP contribution < -0.4 is 5.32 Å². The monoisotopic (exact) mass is 294 g/mol. The molecule has 0 atom stereocenters. The lowest BCUT2D eigenvalue weighted by Crippen LogP contribution is -2.32. The van der Waals surface area contributed by atoms with E-state index in [0.717, 1.165) is 9.80 Å². The van der Waals surface area contributed by atoms with Gasteiger partial charge in [-0.2, -0.15) is 0 Å². The zero-order chi connectivity index (χ0) is 14.5. The van der Waals surface area contributed by atoms with Gasteiger partial charge in [-0.1, -0.05) is 0 Å². The molecule has 1 aliphatic rings. The number of hydrogen-bond donors (Lipinski definition) is 1. The molecule has 1 aromatic carbocycles. The predicted octanol–water partition coefficient (Wildman–Crippen LogP) is 1.72. The Bertz CT molecular complexity index is 530. The van der Waals surface area contributed by atoms with Crippen molar-refractivity contribution >= 4 is 35.4 Å². The van der Waals surface area contributed by atoms with E-state index in [1.54, 1.807) is 12.1 Å². The summed E-state index contributed by atoms with van der Waals surface area (Å²) >= 11 is 1.33. The van der Waals surface area contributed by atoms with E-state index in [9.17, 15) is 14.4 Å². The van der Waals surface area contributed by atoms with Crippen molar-refractivity contribution < 1.29 is 19.1 Å². The second-order valence-electron chi connectivity index (χ2n) is 4.15. The first-order valence-electron chi connectivity index (χ1n) is 6.04. The Balaban J connectivity index is 1.86. The second kappa shape index (κ2) is 6.42. The van der Waals surface area contributed by atoms with Crippen molar-refractivity contribution in [3.05, 3.63) is 24.3 Å². The van der Waals surface area contributed by atoms with Crippen molar-refractivity contribution in [2.75, 3.05) is 24.2 Å². The highest BCUT2D eigenvalue weighted by Gasteiger charge is 2.27. The minimum atomic E-state index is -0.573. The van der Waals surface area contributed by atoms with Gasteiger partial charge in [-0.25, -0.2) is 9.69 Å². The van der Waals surface area contributed by atoms with Gasteiger partial charge in [0.1, 0.15) is 6.61 Å². The Morgan fingerprint density at radius 3 is 2.60 bits per heavy atom. The highest BCUT2D eigenvalue weighted by Crippen LogP contribution is 2.21. The van der Waals surface area contributed by atoms with Crippen LogP contribution in [0.5, 0.6) is 0 Å². The number of rotatable bonds is 4. The maximum absolute atomic E-state index is 11.8. The van der Waals surface area contributed by atoms with Crippen LogP contribution in [0.25, 0.3) is 0 Å². The summed E-state index contributed by atoms with van der Waals surface area (Å²) in [4.78, 5) is 35.9. The topological polar surface area (TPSA) is 75.7 Å². The molecule has 0 spiro atoms. The number of nitrogens with zero attached hydrogens (tertiary/aromatic N) is 1. The van der Waals surface area contributed by atoms with Crippen LogP contribution in [0.4, 0.5) is 10.5 Å². The van der Waals surface area contributed by atoms with Crippen LogP contribution in [-0.2, 0) is 14.3 Å². The largest absolute Gasteiger partial charge is 0.447 e. The normalized spacial score (nSPS) is 14.1. The van der Waals surface area contributed by atoms with E-state index < -0.39 is 6.09 Å². The summed E-state index contributed by atoms with van der Waals surface area (Å²) < 4.78 is 4.71. The zero-order valence-corrected chi connectivity index (χ0v) is 11.7. The fraction of sp³-hybridized carbons (Fsp3) is 0.308. The minimum absolute atomic E-state index is 0.131. The third-order valence-electron chi connectivity index (χ3n) is 2.60. The van der Waals surface area contributed by atoms with E-state index in [1.807, 2.05) is 12.1 Å². The molecule has 106 valence electrons. The summed E-state index contributed by atoms with van der Waals surface area (Å²) in [7, 11) is 0. The third kappa shape index (κ3) is 3.74. The predicted molar refractivity (Wildman–Crippen MR) is 74.5 cm³/mol.